The average molecular weight is 249 g/mol. The Morgan fingerprint density at radius 1 is 0.947 bits per heavy atom. The predicted octanol–water partition coefficient (Wildman–Crippen LogP) is 5.27. The highest BCUT2D eigenvalue weighted by atomic mass is 14.7. The maximum atomic E-state index is 3.55. The van der Waals surface area contributed by atoms with E-state index in [9.17, 15) is 0 Å². The largest absolute Gasteiger partial charge is 0.354 e. The first kappa shape index (κ1) is 12.0. The van der Waals surface area contributed by atoms with E-state index in [2.05, 4.69) is 74.3 Å². The molecule has 3 aromatic rings. The second-order valence-corrected chi connectivity index (χ2v) is 5.45. The van der Waals surface area contributed by atoms with Crippen LogP contribution in [-0.4, -0.2) is 4.98 Å². The number of rotatable bonds is 2. The topological polar surface area (TPSA) is 15.8 Å². The van der Waals surface area contributed by atoms with E-state index in [1.807, 2.05) is 0 Å². The highest BCUT2D eigenvalue weighted by Crippen LogP contribution is 2.31. The van der Waals surface area contributed by atoms with Gasteiger partial charge >= 0.3 is 0 Å². The zero-order valence-electron chi connectivity index (χ0n) is 11.7. The summed E-state index contributed by atoms with van der Waals surface area (Å²) in [6.45, 7) is 6.67. The summed E-state index contributed by atoms with van der Waals surface area (Å²) >= 11 is 0. The van der Waals surface area contributed by atoms with Gasteiger partial charge in [-0.15, -0.1) is 0 Å². The van der Waals surface area contributed by atoms with Crippen molar-refractivity contribution >= 4 is 10.9 Å². The third-order valence-electron chi connectivity index (χ3n) is 3.81. The Kier molecular flexibility index (Phi) is 2.90. The van der Waals surface area contributed by atoms with Gasteiger partial charge in [0, 0.05) is 16.6 Å². The van der Waals surface area contributed by atoms with Gasteiger partial charge < -0.3 is 4.98 Å². The summed E-state index contributed by atoms with van der Waals surface area (Å²) in [4.78, 5) is 3.55. The monoisotopic (exact) mass is 249 g/mol. The molecule has 19 heavy (non-hydrogen) atoms. The lowest BCUT2D eigenvalue weighted by molar-refractivity contribution is 0.868. The quantitative estimate of drug-likeness (QED) is 0.637. The van der Waals surface area contributed by atoms with Crippen molar-refractivity contribution in [3.8, 4) is 11.3 Å². The molecular formula is C18H19N. The molecule has 2 aromatic carbocycles. The summed E-state index contributed by atoms with van der Waals surface area (Å²) < 4.78 is 0. The van der Waals surface area contributed by atoms with Crippen molar-refractivity contribution in [2.75, 3.05) is 0 Å². The summed E-state index contributed by atoms with van der Waals surface area (Å²) in [5.41, 5.74) is 6.44. The number of nitrogens with one attached hydrogen (secondary N) is 1. The highest BCUT2D eigenvalue weighted by Gasteiger charge is 2.10. The molecule has 0 fully saturated rings. The second kappa shape index (κ2) is 4.58. The zero-order valence-corrected chi connectivity index (χ0v) is 11.7. The summed E-state index contributed by atoms with van der Waals surface area (Å²) in [6, 6.07) is 17.3. The van der Waals surface area contributed by atoms with Gasteiger partial charge in [-0.3, -0.25) is 0 Å². The van der Waals surface area contributed by atoms with E-state index >= 15 is 0 Å². The van der Waals surface area contributed by atoms with Crippen LogP contribution in [0, 0.1) is 6.92 Å². The lowest BCUT2D eigenvalue weighted by Crippen LogP contribution is -1.85. The fourth-order valence-electron chi connectivity index (χ4n) is 2.60. The first-order valence-electron chi connectivity index (χ1n) is 6.84. The molecule has 1 N–H and O–H groups in total. The van der Waals surface area contributed by atoms with Crippen LogP contribution < -0.4 is 0 Å². The Balaban J connectivity index is 2.21. The normalized spacial score (nSPS) is 11.4. The lowest BCUT2D eigenvalue weighted by atomic mass is 10.00. The Bertz CT molecular complexity index is 705. The summed E-state index contributed by atoms with van der Waals surface area (Å²) in [7, 11) is 0. The van der Waals surface area contributed by atoms with E-state index < -0.39 is 0 Å². The summed E-state index contributed by atoms with van der Waals surface area (Å²) in [5, 5.41) is 1.34. The molecule has 0 bridgehead atoms. The summed E-state index contributed by atoms with van der Waals surface area (Å²) in [5.74, 6) is 0.568. The number of fused-ring (bicyclic) bond motifs is 1. The van der Waals surface area contributed by atoms with Crippen LogP contribution in [0.15, 0.2) is 48.5 Å². The molecule has 1 heteroatoms. The number of H-pyrrole nitrogens is 1. The first-order chi connectivity index (χ1) is 9.16. The molecule has 0 unspecified atom stereocenters. The Morgan fingerprint density at radius 3 is 2.37 bits per heavy atom. The number of aryl methyl sites for hydroxylation is 1. The van der Waals surface area contributed by atoms with Crippen molar-refractivity contribution in [1.82, 2.24) is 4.98 Å². The van der Waals surface area contributed by atoms with Gasteiger partial charge in [-0.1, -0.05) is 50.2 Å². The van der Waals surface area contributed by atoms with Gasteiger partial charge in [0.15, 0.2) is 0 Å². The van der Waals surface area contributed by atoms with E-state index in [0.29, 0.717) is 5.92 Å². The van der Waals surface area contributed by atoms with Crippen molar-refractivity contribution in [2.45, 2.75) is 26.7 Å². The number of hydrogen-bond donors (Lipinski definition) is 1. The van der Waals surface area contributed by atoms with Crippen LogP contribution in [0.4, 0.5) is 0 Å². The van der Waals surface area contributed by atoms with E-state index in [4.69, 9.17) is 0 Å². The number of benzene rings is 2. The van der Waals surface area contributed by atoms with Gasteiger partial charge in [-0.05, 0) is 41.7 Å². The fourth-order valence-corrected chi connectivity index (χ4v) is 2.60. The standard InChI is InChI=1S/C18H19N/c1-12(2)15-9-10-17-16(11-15)13(3)18(19-17)14-7-5-4-6-8-14/h4-12,19H,1-3H3. The fraction of sp³-hybridized carbons (Fsp3) is 0.222. The molecule has 3 rings (SSSR count). The number of aromatic nitrogens is 1. The second-order valence-electron chi connectivity index (χ2n) is 5.45. The van der Waals surface area contributed by atoms with E-state index in [1.54, 1.807) is 0 Å². The molecule has 0 spiro atoms. The Labute approximate surface area is 114 Å². The van der Waals surface area contributed by atoms with Gasteiger partial charge in [-0.25, -0.2) is 0 Å². The predicted molar refractivity (Wildman–Crippen MR) is 82.6 cm³/mol. The van der Waals surface area contributed by atoms with Gasteiger partial charge in [0.1, 0.15) is 0 Å². The minimum atomic E-state index is 0.568. The third kappa shape index (κ3) is 2.06. The van der Waals surface area contributed by atoms with Crippen LogP contribution in [0.2, 0.25) is 0 Å². The number of hydrogen-bond acceptors (Lipinski definition) is 0. The molecular weight excluding hydrogens is 230 g/mol. The summed E-state index contributed by atoms with van der Waals surface area (Å²) in [6.07, 6.45) is 0. The van der Waals surface area contributed by atoms with Gasteiger partial charge in [0.05, 0.1) is 0 Å². The van der Waals surface area contributed by atoms with Crippen molar-refractivity contribution in [3.63, 3.8) is 0 Å². The van der Waals surface area contributed by atoms with Crippen LogP contribution in [0.5, 0.6) is 0 Å². The number of aromatic amines is 1. The van der Waals surface area contributed by atoms with Crippen LogP contribution in [0.1, 0.15) is 30.9 Å². The first-order valence-corrected chi connectivity index (χ1v) is 6.84. The molecule has 0 saturated carbocycles. The molecule has 0 aliphatic rings. The molecule has 0 saturated heterocycles. The molecule has 1 nitrogen and oxygen atoms in total. The molecule has 0 radical (unpaired) electrons. The molecule has 0 amide bonds. The molecule has 0 atom stereocenters. The molecule has 0 aliphatic heterocycles. The highest BCUT2D eigenvalue weighted by molar-refractivity contribution is 5.91. The zero-order chi connectivity index (χ0) is 13.4. The van der Waals surface area contributed by atoms with Crippen LogP contribution in [-0.2, 0) is 0 Å². The van der Waals surface area contributed by atoms with Crippen molar-refractivity contribution < 1.29 is 0 Å². The third-order valence-corrected chi connectivity index (χ3v) is 3.81. The molecule has 1 aromatic heterocycles. The van der Waals surface area contributed by atoms with Crippen LogP contribution in [0.25, 0.3) is 22.2 Å². The van der Waals surface area contributed by atoms with Gasteiger partial charge in [0.2, 0.25) is 0 Å². The molecule has 0 aliphatic carbocycles. The smallest absolute Gasteiger partial charge is 0.0494 e. The van der Waals surface area contributed by atoms with Crippen LogP contribution in [0.3, 0.4) is 0 Å². The van der Waals surface area contributed by atoms with Crippen molar-refractivity contribution in [2.24, 2.45) is 0 Å². The lowest BCUT2D eigenvalue weighted by Gasteiger charge is -2.04. The Morgan fingerprint density at radius 2 is 1.68 bits per heavy atom. The minimum Gasteiger partial charge on any atom is -0.354 e. The van der Waals surface area contributed by atoms with Crippen molar-refractivity contribution in [3.05, 3.63) is 59.7 Å². The van der Waals surface area contributed by atoms with Gasteiger partial charge in [-0.2, -0.15) is 0 Å². The minimum absolute atomic E-state index is 0.568. The molecule has 1 heterocycles. The maximum Gasteiger partial charge on any atom is 0.0494 e. The van der Waals surface area contributed by atoms with E-state index in [-0.39, 0.29) is 0 Å². The van der Waals surface area contributed by atoms with Gasteiger partial charge in [0.25, 0.3) is 0 Å². The SMILES string of the molecule is Cc1c(-c2ccccc2)[nH]c2ccc(C(C)C)cc12. The maximum absolute atomic E-state index is 3.55. The molecule has 96 valence electrons. The van der Waals surface area contributed by atoms with Crippen LogP contribution >= 0.6 is 0 Å². The van der Waals surface area contributed by atoms with E-state index in [0.717, 1.165) is 0 Å². The Hall–Kier alpha value is -2.02. The van der Waals surface area contributed by atoms with E-state index in [1.165, 1.54) is 33.3 Å². The average Bonchev–Trinajstić information content (AvgIpc) is 2.77. The van der Waals surface area contributed by atoms with Crippen molar-refractivity contribution in [1.29, 1.82) is 0 Å².